The van der Waals surface area contributed by atoms with E-state index in [4.69, 9.17) is 0 Å². The van der Waals surface area contributed by atoms with Crippen molar-refractivity contribution in [2.24, 2.45) is 0 Å². The predicted octanol–water partition coefficient (Wildman–Crippen LogP) is 3.09. The summed E-state index contributed by atoms with van der Waals surface area (Å²) in [5.41, 5.74) is 0.947. The van der Waals surface area contributed by atoms with Gasteiger partial charge in [-0.2, -0.15) is 0 Å². The second-order valence-corrected chi connectivity index (χ2v) is 6.32. The van der Waals surface area contributed by atoms with Crippen molar-refractivity contribution in [2.75, 3.05) is 4.72 Å². The maximum atomic E-state index is 13.0. The summed E-state index contributed by atoms with van der Waals surface area (Å²) in [6.45, 7) is 1.69. The number of hydrogen-bond donors (Lipinski definition) is 1. The van der Waals surface area contributed by atoms with Crippen LogP contribution in [0.5, 0.6) is 0 Å². The Hall–Kier alpha value is -1.47. The Kier molecular flexibility index (Phi) is 3.86. The fourth-order valence-electron chi connectivity index (χ4n) is 1.48. The fraction of sp³-hybridized carbons (Fsp3) is 0.0833. The van der Waals surface area contributed by atoms with Crippen molar-refractivity contribution in [2.45, 2.75) is 11.8 Å². The van der Waals surface area contributed by atoms with E-state index >= 15 is 0 Å². The number of aromatic nitrogens is 1. The van der Waals surface area contributed by atoms with Gasteiger partial charge in [0.2, 0.25) is 0 Å². The van der Waals surface area contributed by atoms with Gasteiger partial charge in [-0.05, 0) is 53.2 Å². The highest BCUT2D eigenvalue weighted by Crippen LogP contribution is 2.25. The Morgan fingerprint density at radius 2 is 2.05 bits per heavy atom. The van der Waals surface area contributed by atoms with Crippen LogP contribution >= 0.6 is 15.9 Å². The van der Waals surface area contributed by atoms with Crippen molar-refractivity contribution in [1.29, 1.82) is 0 Å². The Balaban J connectivity index is 2.41. The molecular weight excluding hydrogens is 335 g/mol. The second kappa shape index (κ2) is 5.26. The van der Waals surface area contributed by atoms with E-state index in [-0.39, 0.29) is 9.37 Å². The van der Waals surface area contributed by atoms with Crippen LogP contribution in [0.4, 0.5) is 10.1 Å². The van der Waals surface area contributed by atoms with E-state index in [2.05, 4.69) is 25.6 Å². The molecule has 2 rings (SSSR count). The van der Waals surface area contributed by atoms with Gasteiger partial charge >= 0.3 is 0 Å². The number of nitrogens with zero attached hydrogens (tertiary/aromatic N) is 1. The molecule has 0 spiro atoms. The molecule has 4 nitrogen and oxygen atoms in total. The van der Waals surface area contributed by atoms with Crippen molar-refractivity contribution in [1.82, 2.24) is 4.98 Å². The second-order valence-electron chi connectivity index (χ2n) is 3.82. The minimum Gasteiger partial charge on any atom is -0.278 e. The van der Waals surface area contributed by atoms with E-state index in [1.165, 1.54) is 6.07 Å². The Labute approximate surface area is 118 Å². The van der Waals surface area contributed by atoms with Gasteiger partial charge in [-0.1, -0.05) is 0 Å². The summed E-state index contributed by atoms with van der Waals surface area (Å²) in [5, 5.41) is 0. The number of halogens is 2. The average molecular weight is 345 g/mol. The predicted molar refractivity (Wildman–Crippen MR) is 73.9 cm³/mol. The summed E-state index contributed by atoms with van der Waals surface area (Å²) in [4.78, 5) is 3.96. The maximum Gasteiger partial charge on any atom is 0.263 e. The molecule has 0 aliphatic rings. The van der Waals surface area contributed by atoms with E-state index in [9.17, 15) is 12.8 Å². The fourth-order valence-corrected chi connectivity index (χ4v) is 3.65. The molecule has 1 aromatic carbocycles. The Bertz CT molecular complexity index is 719. The summed E-state index contributed by atoms with van der Waals surface area (Å²) in [7, 11) is -3.79. The van der Waals surface area contributed by atoms with Crippen LogP contribution in [-0.2, 0) is 10.0 Å². The van der Waals surface area contributed by atoms with Crippen LogP contribution in [0.1, 0.15) is 5.69 Å². The van der Waals surface area contributed by atoms with Crippen molar-refractivity contribution < 1.29 is 12.8 Å². The molecule has 1 aromatic heterocycles. The highest BCUT2D eigenvalue weighted by Gasteiger charge is 2.19. The van der Waals surface area contributed by atoms with Gasteiger partial charge in [0, 0.05) is 10.7 Å². The zero-order valence-electron chi connectivity index (χ0n) is 9.89. The number of pyridine rings is 1. The van der Waals surface area contributed by atoms with E-state index in [0.29, 0.717) is 11.4 Å². The lowest BCUT2D eigenvalue weighted by Crippen LogP contribution is -2.14. The van der Waals surface area contributed by atoms with E-state index in [1.54, 1.807) is 25.3 Å². The number of sulfonamides is 1. The van der Waals surface area contributed by atoms with Crippen LogP contribution in [0.3, 0.4) is 0 Å². The first-order chi connectivity index (χ1) is 8.90. The van der Waals surface area contributed by atoms with E-state index in [1.807, 2.05) is 0 Å². The Morgan fingerprint density at radius 3 is 2.68 bits per heavy atom. The smallest absolute Gasteiger partial charge is 0.263 e. The molecule has 1 heterocycles. The summed E-state index contributed by atoms with van der Waals surface area (Å²) in [5.74, 6) is -0.511. The third-order valence-electron chi connectivity index (χ3n) is 2.43. The van der Waals surface area contributed by atoms with Crippen molar-refractivity contribution in [3.63, 3.8) is 0 Å². The van der Waals surface area contributed by atoms with Crippen molar-refractivity contribution in [3.05, 3.63) is 52.5 Å². The topological polar surface area (TPSA) is 59.1 Å². The normalized spacial score (nSPS) is 11.3. The minimum absolute atomic E-state index is 0.0304. The lowest BCUT2D eigenvalue weighted by Gasteiger charge is -2.11. The molecular formula is C12H10BrFN2O2S. The summed E-state index contributed by atoms with van der Waals surface area (Å²) in [6.07, 6.45) is 1.57. The zero-order valence-corrected chi connectivity index (χ0v) is 12.3. The van der Waals surface area contributed by atoms with E-state index in [0.717, 1.165) is 12.1 Å². The molecule has 0 saturated carbocycles. The average Bonchev–Trinajstić information content (AvgIpc) is 2.31. The number of benzene rings is 1. The van der Waals surface area contributed by atoms with Gasteiger partial charge in [0.1, 0.15) is 10.7 Å². The molecule has 0 aliphatic carbocycles. The van der Waals surface area contributed by atoms with Gasteiger partial charge in [-0.15, -0.1) is 0 Å². The molecule has 0 saturated heterocycles. The third-order valence-corrected chi connectivity index (χ3v) is 4.78. The molecule has 0 bridgehead atoms. The molecule has 0 aliphatic heterocycles. The molecule has 7 heteroatoms. The number of nitrogens with one attached hydrogen (secondary N) is 1. The summed E-state index contributed by atoms with van der Waals surface area (Å²) < 4.78 is 39.9. The SMILES string of the molecule is Cc1ncccc1NS(=O)(=O)c1ccc(F)cc1Br. The van der Waals surface area contributed by atoms with Gasteiger partial charge < -0.3 is 0 Å². The molecule has 2 aromatic rings. The molecule has 19 heavy (non-hydrogen) atoms. The minimum atomic E-state index is -3.79. The summed E-state index contributed by atoms with van der Waals surface area (Å²) in [6, 6.07) is 6.63. The van der Waals surface area contributed by atoms with Gasteiger partial charge in [0.15, 0.2) is 0 Å². The highest BCUT2D eigenvalue weighted by atomic mass is 79.9. The Morgan fingerprint density at radius 1 is 1.32 bits per heavy atom. The first kappa shape index (κ1) is 14.0. The van der Waals surface area contributed by atoms with Crippen molar-refractivity contribution >= 4 is 31.6 Å². The maximum absolute atomic E-state index is 13.0. The standard InChI is InChI=1S/C12H10BrFN2O2S/c1-8-11(3-2-6-15-8)16-19(17,18)12-5-4-9(14)7-10(12)13/h2-7,16H,1H3. The number of hydrogen-bond acceptors (Lipinski definition) is 3. The monoisotopic (exact) mass is 344 g/mol. The zero-order chi connectivity index (χ0) is 14.0. The van der Waals surface area contributed by atoms with E-state index < -0.39 is 15.8 Å². The van der Waals surface area contributed by atoms with Gasteiger partial charge in [-0.3, -0.25) is 9.71 Å². The van der Waals surface area contributed by atoms with Crippen LogP contribution in [0.25, 0.3) is 0 Å². The van der Waals surface area contributed by atoms with Gasteiger partial charge in [0.05, 0.1) is 11.4 Å². The number of rotatable bonds is 3. The van der Waals surface area contributed by atoms with Crippen LogP contribution in [0, 0.1) is 12.7 Å². The number of anilines is 1. The highest BCUT2D eigenvalue weighted by molar-refractivity contribution is 9.10. The lowest BCUT2D eigenvalue weighted by molar-refractivity contribution is 0.599. The molecule has 0 radical (unpaired) electrons. The largest absolute Gasteiger partial charge is 0.278 e. The lowest BCUT2D eigenvalue weighted by atomic mass is 10.3. The molecule has 0 amide bonds. The molecule has 100 valence electrons. The van der Waals surface area contributed by atoms with Crippen LogP contribution < -0.4 is 4.72 Å². The number of aryl methyl sites for hydroxylation is 1. The quantitative estimate of drug-likeness (QED) is 0.930. The molecule has 0 unspecified atom stereocenters. The van der Waals surface area contributed by atoms with Crippen LogP contribution in [-0.4, -0.2) is 13.4 Å². The first-order valence-electron chi connectivity index (χ1n) is 5.29. The molecule has 0 fully saturated rings. The van der Waals surface area contributed by atoms with Crippen molar-refractivity contribution in [3.8, 4) is 0 Å². The van der Waals surface area contributed by atoms with Crippen LogP contribution in [0.15, 0.2) is 45.9 Å². The third kappa shape index (κ3) is 3.10. The summed E-state index contributed by atoms with van der Waals surface area (Å²) >= 11 is 3.04. The van der Waals surface area contributed by atoms with Crippen LogP contribution in [0.2, 0.25) is 0 Å². The molecule has 0 atom stereocenters. The van der Waals surface area contributed by atoms with Gasteiger partial charge in [0.25, 0.3) is 10.0 Å². The molecule has 1 N–H and O–H groups in total. The van der Waals surface area contributed by atoms with Gasteiger partial charge in [-0.25, -0.2) is 12.8 Å². The first-order valence-corrected chi connectivity index (χ1v) is 7.57.